The molecular formula is C50H93NO13. The Morgan fingerprint density at radius 3 is 1.59 bits per heavy atom. The van der Waals surface area contributed by atoms with Gasteiger partial charge in [-0.05, 0) is 56.9 Å². The van der Waals surface area contributed by atoms with E-state index in [-0.39, 0.29) is 50.3 Å². The summed E-state index contributed by atoms with van der Waals surface area (Å²) in [6.07, 6.45) is 27.4. The van der Waals surface area contributed by atoms with Crippen LogP contribution in [0.4, 0.5) is 0 Å². The van der Waals surface area contributed by atoms with E-state index in [4.69, 9.17) is 19.2 Å². The van der Waals surface area contributed by atoms with E-state index in [1.807, 2.05) is 0 Å². The molecule has 0 aromatic carbocycles. The summed E-state index contributed by atoms with van der Waals surface area (Å²) in [7, 11) is 0. The van der Waals surface area contributed by atoms with Crippen LogP contribution in [-0.4, -0.2) is 115 Å². The molecule has 7 N–H and O–H groups in total. The third-order valence-electron chi connectivity index (χ3n) is 14.1. The molecule has 3 aliphatic rings. The lowest BCUT2D eigenvalue weighted by Gasteiger charge is -2.42. The van der Waals surface area contributed by atoms with Gasteiger partial charge in [-0.3, -0.25) is 14.5 Å². The number of aliphatic hydroxyl groups excluding tert-OH is 1. The second kappa shape index (κ2) is 30.8. The Morgan fingerprint density at radius 1 is 0.625 bits per heavy atom. The number of unbranched alkanes of at least 4 members (excludes halogenated alkanes) is 11. The lowest BCUT2D eigenvalue weighted by molar-refractivity contribution is -0.524. The fraction of sp³-hybridized carbons (Fsp3) is 0.960. The lowest BCUT2D eigenvalue weighted by atomic mass is 9.81. The Kier molecular flexibility index (Phi) is 27.4. The van der Waals surface area contributed by atoms with Gasteiger partial charge in [-0.25, -0.2) is 0 Å². The molecule has 4 unspecified atom stereocenters. The molecule has 0 aromatic heterocycles. The SMILES string of the molecule is CCCCCCCCC(CC1CCCCC1)C(=O)OCC(O)(O)CCC(O)(O)CN(CCCCO)CC1(O)CCC(O)(COC(=O)C(CCCCCCCC)CC2CCCCC2)OO1. The molecule has 4 atom stereocenters. The van der Waals surface area contributed by atoms with Gasteiger partial charge < -0.3 is 45.2 Å². The standard InChI is InChI=1S/C50H93NO13/c1-3-5-7-9-11-19-27-43(35-41-23-15-13-16-24-41)45(53)61-39-48(57,58)30-29-47(55,56)37-51(33-21-22-34-52)38-49(59)31-32-50(60,64-63-49)40-62-46(54)44(28-20-12-10-8-6-4-2)36-42-25-17-14-18-26-42/h41-44,52,55-60H,3-40H2,1-2H3. The van der Waals surface area contributed by atoms with Gasteiger partial charge in [-0.15, -0.1) is 0 Å². The molecule has 0 radical (unpaired) electrons. The van der Waals surface area contributed by atoms with Crippen molar-refractivity contribution in [3.8, 4) is 0 Å². The molecule has 64 heavy (non-hydrogen) atoms. The number of carbonyl (C=O) groups is 2. The van der Waals surface area contributed by atoms with Crippen LogP contribution < -0.4 is 0 Å². The summed E-state index contributed by atoms with van der Waals surface area (Å²) in [5.74, 6) is -9.40. The maximum Gasteiger partial charge on any atom is 0.309 e. The van der Waals surface area contributed by atoms with Crippen LogP contribution in [-0.2, 0) is 28.8 Å². The van der Waals surface area contributed by atoms with E-state index >= 15 is 0 Å². The summed E-state index contributed by atoms with van der Waals surface area (Å²) in [6, 6.07) is 0. The van der Waals surface area contributed by atoms with Crippen molar-refractivity contribution in [1.82, 2.24) is 4.90 Å². The molecular weight excluding hydrogens is 823 g/mol. The molecule has 2 aliphatic carbocycles. The van der Waals surface area contributed by atoms with Crippen LogP contribution in [0.15, 0.2) is 0 Å². The minimum Gasteiger partial charge on any atom is -0.460 e. The second-order valence-electron chi connectivity index (χ2n) is 20.4. The first kappa shape index (κ1) is 56.9. The van der Waals surface area contributed by atoms with Crippen LogP contribution in [0.3, 0.4) is 0 Å². The van der Waals surface area contributed by atoms with Gasteiger partial charge in [0.25, 0.3) is 0 Å². The summed E-state index contributed by atoms with van der Waals surface area (Å²) >= 11 is 0. The molecule has 376 valence electrons. The Labute approximate surface area is 386 Å². The molecule has 1 heterocycles. The van der Waals surface area contributed by atoms with E-state index in [0.29, 0.717) is 31.1 Å². The van der Waals surface area contributed by atoms with Crippen molar-refractivity contribution in [2.24, 2.45) is 23.7 Å². The van der Waals surface area contributed by atoms with Crippen molar-refractivity contribution in [1.29, 1.82) is 0 Å². The van der Waals surface area contributed by atoms with Crippen molar-refractivity contribution < 1.29 is 64.6 Å². The first-order valence-corrected chi connectivity index (χ1v) is 26.0. The monoisotopic (exact) mass is 916 g/mol. The van der Waals surface area contributed by atoms with E-state index in [2.05, 4.69) is 13.8 Å². The van der Waals surface area contributed by atoms with Crippen LogP contribution in [0.2, 0.25) is 0 Å². The van der Waals surface area contributed by atoms with Gasteiger partial charge in [0.2, 0.25) is 11.6 Å². The second-order valence-corrected chi connectivity index (χ2v) is 20.4. The molecule has 3 fully saturated rings. The maximum absolute atomic E-state index is 13.4. The zero-order chi connectivity index (χ0) is 46.7. The van der Waals surface area contributed by atoms with Crippen molar-refractivity contribution in [2.45, 2.75) is 242 Å². The first-order chi connectivity index (χ1) is 30.6. The van der Waals surface area contributed by atoms with Crippen molar-refractivity contribution in [3.05, 3.63) is 0 Å². The summed E-state index contributed by atoms with van der Waals surface area (Å²) in [5, 5.41) is 75.9. The zero-order valence-electron chi connectivity index (χ0n) is 40.2. The van der Waals surface area contributed by atoms with Gasteiger partial charge in [-0.2, -0.15) is 9.78 Å². The van der Waals surface area contributed by atoms with Gasteiger partial charge >= 0.3 is 11.9 Å². The van der Waals surface area contributed by atoms with E-state index in [1.165, 1.54) is 69.1 Å². The highest BCUT2D eigenvalue weighted by atomic mass is 17.3. The van der Waals surface area contributed by atoms with Gasteiger partial charge in [0, 0.05) is 32.3 Å². The Hall–Kier alpha value is -1.46. The molecule has 1 saturated heterocycles. The van der Waals surface area contributed by atoms with Crippen LogP contribution in [0, 0.1) is 23.7 Å². The quantitative estimate of drug-likeness (QED) is 0.0139. The lowest BCUT2D eigenvalue weighted by Crippen LogP contribution is -2.56. The average molecular weight is 916 g/mol. The highest BCUT2D eigenvalue weighted by Crippen LogP contribution is 2.35. The van der Waals surface area contributed by atoms with Crippen molar-refractivity contribution >= 4 is 11.9 Å². The topological polar surface area (TPSA) is 216 Å². The van der Waals surface area contributed by atoms with Crippen LogP contribution in [0.25, 0.3) is 0 Å². The van der Waals surface area contributed by atoms with E-state index < -0.39 is 61.7 Å². The van der Waals surface area contributed by atoms with E-state index in [1.54, 1.807) is 0 Å². The fourth-order valence-electron chi connectivity index (χ4n) is 10.0. The summed E-state index contributed by atoms with van der Waals surface area (Å²) < 4.78 is 11.2. The normalized spacial score (nSPS) is 22.7. The number of aliphatic hydroxyl groups is 7. The van der Waals surface area contributed by atoms with Crippen LogP contribution in [0.5, 0.6) is 0 Å². The molecule has 2 saturated carbocycles. The molecule has 0 amide bonds. The zero-order valence-corrected chi connectivity index (χ0v) is 40.2. The molecule has 14 nitrogen and oxygen atoms in total. The first-order valence-electron chi connectivity index (χ1n) is 26.0. The highest BCUT2D eigenvalue weighted by Gasteiger charge is 2.47. The number of rotatable bonds is 35. The van der Waals surface area contributed by atoms with Crippen LogP contribution >= 0.6 is 0 Å². The summed E-state index contributed by atoms with van der Waals surface area (Å²) in [4.78, 5) is 39.0. The summed E-state index contributed by atoms with van der Waals surface area (Å²) in [6.45, 7) is 2.60. The van der Waals surface area contributed by atoms with E-state index in [9.17, 15) is 45.3 Å². The van der Waals surface area contributed by atoms with Gasteiger partial charge in [-0.1, -0.05) is 155 Å². The predicted octanol–water partition coefficient (Wildman–Crippen LogP) is 8.08. The molecule has 0 bridgehead atoms. The van der Waals surface area contributed by atoms with Gasteiger partial charge in [0.1, 0.15) is 13.2 Å². The Morgan fingerprint density at radius 2 is 1.09 bits per heavy atom. The number of hydrogen-bond donors (Lipinski definition) is 7. The third-order valence-corrected chi connectivity index (χ3v) is 14.1. The minimum atomic E-state index is -2.51. The molecule has 0 spiro atoms. The highest BCUT2D eigenvalue weighted by molar-refractivity contribution is 5.72. The maximum atomic E-state index is 13.4. The van der Waals surface area contributed by atoms with Crippen LogP contribution in [0.1, 0.15) is 219 Å². The molecule has 3 rings (SSSR count). The molecule has 1 aliphatic heterocycles. The molecule has 0 aromatic rings. The van der Waals surface area contributed by atoms with Gasteiger partial charge in [0.15, 0.2) is 11.6 Å². The fourth-order valence-corrected chi connectivity index (χ4v) is 10.0. The van der Waals surface area contributed by atoms with Crippen molar-refractivity contribution in [2.75, 3.05) is 39.5 Å². The molecule has 14 heteroatoms. The van der Waals surface area contributed by atoms with Crippen molar-refractivity contribution in [3.63, 3.8) is 0 Å². The Balaban J connectivity index is 1.51. The number of nitrogens with zero attached hydrogens (tertiary/aromatic N) is 1. The predicted molar refractivity (Wildman–Crippen MR) is 245 cm³/mol. The Bertz CT molecular complexity index is 1230. The van der Waals surface area contributed by atoms with E-state index in [0.717, 1.165) is 96.3 Å². The number of carbonyl (C=O) groups excluding carboxylic acids is 2. The average Bonchev–Trinajstić information content (AvgIpc) is 3.27. The smallest absolute Gasteiger partial charge is 0.309 e. The minimum absolute atomic E-state index is 0.0932. The summed E-state index contributed by atoms with van der Waals surface area (Å²) in [5.41, 5.74) is 0. The largest absolute Gasteiger partial charge is 0.460 e. The van der Waals surface area contributed by atoms with Gasteiger partial charge in [0.05, 0.1) is 24.9 Å². The third kappa shape index (κ3) is 24.0. The number of hydrogen-bond acceptors (Lipinski definition) is 14. The number of esters is 2. The number of ether oxygens (including phenoxy) is 2.